The summed E-state index contributed by atoms with van der Waals surface area (Å²) in [6, 6.07) is -1.06. The molecule has 30 heavy (non-hydrogen) atoms. The number of rotatable bonds is 18. The number of aliphatic hydroxyl groups is 1. The Bertz CT molecular complexity index is 582. The van der Waals surface area contributed by atoms with Crippen molar-refractivity contribution >= 4 is 17.8 Å². The second kappa shape index (κ2) is 18.6. The molecule has 0 spiro atoms. The van der Waals surface area contributed by atoms with Crippen LogP contribution in [0.1, 0.15) is 77.6 Å². The number of carbonyl (C=O) groups excluding carboxylic acids is 2. The highest BCUT2D eigenvalue weighted by molar-refractivity contribution is 5.84. The van der Waals surface area contributed by atoms with Gasteiger partial charge in [0.1, 0.15) is 6.04 Å². The smallest absolute Gasteiger partial charge is 0.326 e. The molecule has 0 saturated carbocycles. The molecule has 0 aliphatic carbocycles. The van der Waals surface area contributed by atoms with Gasteiger partial charge in [0.15, 0.2) is 0 Å². The number of carbonyl (C=O) groups is 3. The van der Waals surface area contributed by atoms with Crippen LogP contribution >= 0.6 is 0 Å². The molecule has 0 saturated heterocycles. The standard InChI is InChI=1S/C23H38N2O5/c1-19(26)15-13-11-9-7-5-3-2-4-6-8-10-12-14-16-22(28)25-20(23(29)30)17-18-21(24)27/h2-3,7,9,13,15,19-20,26H,4-6,8,10-12,14,16-18H2,1H3,(H2,24,27)(H,25,28)(H,29,30)/b3-2-,9-7-,15-13-. The predicted octanol–water partition coefficient (Wildman–Crippen LogP) is 3.38. The highest BCUT2D eigenvalue weighted by Crippen LogP contribution is 2.08. The van der Waals surface area contributed by atoms with Crippen LogP contribution in [0.5, 0.6) is 0 Å². The summed E-state index contributed by atoms with van der Waals surface area (Å²) in [5, 5.41) is 20.6. The summed E-state index contributed by atoms with van der Waals surface area (Å²) in [5.41, 5.74) is 5.01. The minimum Gasteiger partial charge on any atom is -0.480 e. The normalized spacial score (nSPS) is 13.8. The van der Waals surface area contributed by atoms with Gasteiger partial charge in [-0.05, 0) is 45.4 Å². The molecule has 0 aliphatic heterocycles. The molecule has 0 aliphatic rings. The van der Waals surface area contributed by atoms with Gasteiger partial charge in [-0.1, -0.05) is 55.7 Å². The first kappa shape index (κ1) is 27.6. The Labute approximate surface area is 180 Å². The first-order valence-electron chi connectivity index (χ1n) is 10.8. The lowest BCUT2D eigenvalue weighted by molar-refractivity contribution is -0.142. The van der Waals surface area contributed by atoms with Crippen molar-refractivity contribution in [3.05, 3.63) is 36.5 Å². The van der Waals surface area contributed by atoms with Crippen molar-refractivity contribution in [1.29, 1.82) is 0 Å². The molecular weight excluding hydrogens is 384 g/mol. The van der Waals surface area contributed by atoms with E-state index in [9.17, 15) is 14.4 Å². The molecule has 0 radical (unpaired) electrons. The number of primary amides is 1. The highest BCUT2D eigenvalue weighted by Gasteiger charge is 2.20. The third kappa shape index (κ3) is 18.9. The average Bonchev–Trinajstić information content (AvgIpc) is 2.67. The van der Waals surface area contributed by atoms with Gasteiger partial charge in [-0.25, -0.2) is 4.79 Å². The maximum Gasteiger partial charge on any atom is 0.326 e. The molecule has 0 aromatic heterocycles. The second-order valence-corrected chi connectivity index (χ2v) is 7.35. The van der Waals surface area contributed by atoms with Crippen molar-refractivity contribution in [1.82, 2.24) is 5.32 Å². The third-order valence-electron chi connectivity index (χ3n) is 4.38. The zero-order chi connectivity index (χ0) is 22.6. The van der Waals surface area contributed by atoms with E-state index in [-0.39, 0.29) is 24.9 Å². The van der Waals surface area contributed by atoms with E-state index in [0.717, 1.165) is 51.4 Å². The van der Waals surface area contributed by atoms with Gasteiger partial charge in [0.25, 0.3) is 0 Å². The van der Waals surface area contributed by atoms with Crippen LogP contribution in [0.2, 0.25) is 0 Å². The van der Waals surface area contributed by atoms with Crippen LogP contribution < -0.4 is 11.1 Å². The Morgan fingerprint density at radius 2 is 1.50 bits per heavy atom. The van der Waals surface area contributed by atoms with Crippen LogP contribution in [-0.2, 0) is 14.4 Å². The highest BCUT2D eigenvalue weighted by atomic mass is 16.4. The van der Waals surface area contributed by atoms with Crippen molar-refractivity contribution in [2.75, 3.05) is 0 Å². The molecule has 0 aromatic carbocycles. The monoisotopic (exact) mass is 422 g/mol. The molecule has 7 heteroatoms. The predicted molar refractivity (Wildman–Crippen MR) is 119 cm³/mol. The van der Waals surface area contributed by atoms with Gasteiger partial charge in [-0.2, -0.15) is 0 Å². The number of carboxylic acids is 1. The minimum absolute atomic E-state index is 0.0136. The quantitative estimate of drug-likeness (QED) is 0.199. The number of hydrogen-bond acceptors (Lipinski definition) is 4. The molecular formula is C23H38N2O5. The van der Waals surface area contributed by atoms with Crippen LogP contribution in [-0.4, -0.2) is 40.1 Å². The fourth-order valence-corrected chi connectivity index (χ4v) is 2.73. The van der Waals surface area contributed by atoms with Crippen molar-refractivity contribution < 1.29 is 24.6 Å². The Hall–Kier alpha value is -2.41. The van der Waals surface area contributed by atoms with E-state index in [4.69, 9.17) is 15.9 Å². The molecule has 0 rings (SSSR count). The Kier molecular flexibility index (Phi) is 17.1. The summed E-state index contributed by atoms with van der Waals surface area (Å²) in [4.78, 5) is 33.7. The number of aliphatic hydroxyl groups excluding tert-OH is 1. The van der Waals surface area contributed by atoms with Crippen LogP contribution in [0.4, 0.5) is 0 Å². The van der Waals surface area contributed by atoms with Crippen molar-refractivity contribution in [2.45, 2.75) is 89.7 Å². The number of amides is 2. The van der Waals surface area contributed by atoms with Gasteiger partial charge in [0, 0.05) is 12.8 Å². The second-order valence-electron chi connectivity index (χ2n) is 7.35. The van der Waals surface area contributed by atoms with Gasteiger partial charge in [0.2, 0.25) is 11.8 Å². The first-order chi connectivity index (χ1) is 14.3. The topological polar surface area (TPSA) is 130 Å². The fourth-order valence-electron chi connectivity index (χ4n) is 2.73. The Balaban J connectivity index is 3.66. The van der Waals surface area contributed by atoms with Gasteiger partial charge in [-0.3, -0.25) is 9.59 Å². The summed E-state index contributed by atoms with van der Waals surface area (Å²) in [6.45, 7) is 1.73. The number of nitrogens with two attached hydrogens (primary N) is 1. The third-order valence-corrected chi connectivity index (χ3v) is 4.38. The molecule has 2 unspecified atom stereocenters. The summed E-state index contributed by atoms with van der Waals surface area (Å²) >= 11 is 0. The maximum atomic E-state index is 11.8. The molecule has 0 bridgehead atoms. The van der Waals surface area contributed by atoms with Crippen LogP contribution in [0, 0.1) is 0 Å². The van der Waals surface area contributed by atoms with E-state index in [2.05, 4.69) is 29.6 Å². The van der Waals surface area contributed by atoms with Gasteiger partial charge in [0.05, 0.1) is 6.10 Å². The van der Waals surface area contributed by atoms with Crippen molar-refractivity contribution in [3.63, 3.8) is 0 Å². The van der Waals surface area contributed by atoms with Gasteiger partial charge < -0.3 is 21.3 Å². The SMILES string of the molecule is CC(O)/C=C\C/C=C\C/C=C\CCCCCCCC(=O)NC(CCC(N)=O)C(=O)O. The maximum absolute atomic E-state index is 11.8. The molecule has 0 fully saturated rings. The molecule has 2 amide bonds. The van der Waals surface area contributed by atoms with E-state index >= 15 is 0 Å². The van der Waals surface area contributed by atoms with E-state index < -0.39 is 17.9 Å². The number of nitrogens with one attached hydrogen (secondary N) is 1. The molecule has 170 valence electrons. The number of unbranched alkanes of at least 4 members (excludes halogenated alkanes) is 5. The van der Waals surface area contributed by atoms with E-state index in [1.807, 2.05) is 6.08 Å². The molecule has 2 atom stereocenters. The van der Waals surface area contributed by atoms with E-state index in [1.165, 1.54) is 0 Å². The zero-order valence-electron chi connectivity index (χ0n) is 18.1. The molecule has 5 N–H and O–H groups in total. The largest absolute Gasteiger partial charge is 0.480 e. The van der Waals surface area contributed by atoms with Gasteiger partial charge >= 0.3 is 5.97 Å². The number of carboxylic acid groups (broad SMARTS) is 1. The molecule has 0 heterocycles. The lowest BCUT2D eigenvalue weighted by atomic mass is 10.1. The van der Waals surface area contributed by atoms with E-state index in [1.54, 1.807) is 13.0 Å². The number of hydrogen-bond donors (Lipinski definition) is 4. The van der Waals surface area contributed by atoms with Crippen molar-refractivity contribution in [2.24, 2.45) is 5.73 Å². The van der Waals surface area contributed by atoms with Crippen LogP contribution in [0.25, 0.3) is 0 Å². The van der Waals surface area contributed by atoms with Crippen LogP contribution in [0.15, 0.2) is 36.5 Å². The summed E-state index contributed by atoms with van der Waals surface area (Å²) < 4.78 is 0. The van der Waals surface area contributed by atoms with Crippen LogP contribution in [0.3, 0.4) is 0 Å². The zero-order valence-corrected chi connectivity index (χ0v) is 18.1. The number of aliphatic carboxylic acids is 1. The first-order valence-corrected chi connectivity index (χ1v) is 10.8. The summed E-state index contributed by atoms with van der Waals surface area (Å²) in [5.74, 6) is -2.03. The minimum atomic E-state index is -1.15. The molecule has 7 nitrogen and oxygen atoms in total. The number of allylic oxidation sites excluding steroid dienone is 5. The lowest BCUT2D eigenvalue weighted by Crippen LogP contribution is -2.41. The van der Waals surface area contributed by atoms with Crippen molar-refractivity contribution in [3.8, 4) is 0 Å². The Morgan fingerprint density at radius 3 is 2.13 bits per heavy atom. The molecule has 0 aromatic rings. The summed E-state index contributed by atoms with van der Waals surface area (Å²) in [6.07, 6.45) is 19.8. The average molecular weight is 423 g/mol. The van der Waals surface area contributed by atoms with Gasteiger partial charge in [-0.15, -0.1) is 0 Å². The Morgan fingerprint density at radius 1 is 0.900 bits per heavy atom. The summed E-state index contributed by atoms with van der Waals surface area (Å²) in [7, 11) is 0. The lowest BCUT2D eigenvalue weighted by Gasteiger charge is -2.13. The fraction of sp³-hybridized carbons (Fsp3) is 0.609. The van der Waals surface area contributed by atoms with E-state index in [0.29, 0.717) is 6.42 Å².